The van der Waals surface area contributed by atoms with Crippen molar-refractivity contribution in [2.45, 2.75) is 26.4 Å². The molecule has 0 radical (unpaired) electrons. The van der Waals surface area contributed by atoms with Crippen LogP contribution in [0.2, 0.25) is 0 Å². The first kappa shape index (κ1) is 7.54. The number of carbonyl (C=O) groups is 1. The molecule has 2 atom stereocenters. The number of hydrogen-bond acceptors (Lipinski definition) is 2. The van der Waals surface area contributed by atoms with Crippen LogP contribution in [0.25, 0.3) is 0 Å². The predicted molar refractivity (Wildman–Crippen MR) is 35.8 cm³/mol. The lowest BCUT2D eigenvalue weighted by Gasteiger charge is -2.21. The molecular formula is C7H12O3. The lowest BCUT2D eigenvalue weighted by atomic mass is 9.84. The number of carboxylic acids is 1. The van der Waals surface area contributed by atoms with Crippen LogP contribution < -0.4 is 0 Å². The largest absolute Gasteiger partial charge is 0.481 e. The molecule has 0 aliphatic carbocycles. The zero-order chi connectivity index (χ0) is 7.78. The van der Waals surface area contributed by atoms with Gasteiger partial charge in [-0.1, -0.05) is 0 Å². The van der Waals surface area contributed by atoms with Gasteiger partial charge in [0.25, 0.3) is 0 Å². The molecule has 0 bridgehead atoms. The van der Waals surface area contributed by atoms with E-state index < -0.39 is 11.4 Å². The van der Waals surface area contributed by atoms with Gasteiger partial charge in [0.2, 0.25) is 0 Å². The van der Waals surface area contributed by atoms with E-state index in [-0.39, 0.29) is 6.10 Å². The van der Waals surface area contributed by atoms with E-state index in [1.807, 2.05) is 0 Å². The Bertz CT molecular complexity index is 155. The summed E-state index contributed by atoms with van der Waals surface area (Å²) in [7, 11) is 0. The second-order valence-corrected chi connectivity index (χ2v) is 2.99. The fourth-order valence-electron chi connectivity index (χ4n) is 1.12. The topological polar surface area (TPSA) is 46.5 Å². The summed E-state index contributed by atoms with van der Waals surface area (Å²) >= 11 is 0. The molecule has 0 aromatic carbocycles. The van der Waals surface area contributed by atoms with E-state index in [0.29, 0.717) is 13.0 Å². The third kappa shape index (κ3) is 0.904. The third-order valence-electron chi connectivity index (χ3n) is 2.38. The van der Waals surface area contributed by atoms with Gasteiger partial charge in [0, 0.05) is 6.61 Å². The maximum Gasteiger partial charge on any atom is 0.312 e. The molecule has 3 nitrogen and oxygen atoms in total. The number of aliphatic carboxylic acids is 1. The Hall–Kier alpha value is -0.570. The average Bonchev–Trinajstić information content (AvgIpc) is 2.15. The van der Waals surface area contributed by atoms with Gasteiger partial charge in [-0.3, -0.25) is 4.79 Å². The fourth-order valence-corrected chi connectivity index (χ4v) is 1.12. The summed E-state index contributed by atoms with van der Waals surface area (Å²) in [6.45, 7) is 4.11. The molecule has 10 heavy (non-hydrogen) atoms. The zero-order valence-electron chi connectivity index (χ0n) is 6.26. The van der Waals surface area contributed by atoms with Crippen LogP contribution in [-0.4, -0.2) is 23.8 Å². The smallest absolute Gasteiger partial charge is 0.312 e. The van der Waals surface area contributed by atoms with E-state index >= 15 is 0 Å². The second-order valence-electron chi connectivity index (χ2n) is 2.99. The molecule has 1 aliphatic rings. The van der Waals surface area contributed by atoms with Gasteiger partial charge in [-0.05, 0) is 20.3 Å². The standard InChI is InChI=1S/C7H12O3/c1-5-7(2,6(8)9)3-4-10-5/h5H,3-4H2,1-2H3,(H,8,9). The van der Waals surface area contributed by atoms with Crippen LogP contribution in [0.4, 0.5) is 0 Å². The Balaban J connectivity index is 2.75. The summed E-state index contributed by atoms with van der Waals surface area (Å²) in [6, 6.07) is 0. The van der Waals surface area contributed by atoms with Crippen molar-refractivity contribution in [3.8, 4) is 0 Å². The molecule has 1 aliphatic heterocycles. The van der Waals surface area contributed by atoms with Gasteiger partial charge in [-0.25, -0.2) is 0 Å². The van der Waals surface area contributed by atoms with Crippen LogP contribution in [0.3, 0.4) is 0 Å². The summed E-state index contributed by atoms with van der Waals surface area (Å²) in [5.41, 5.74) is -0.653. The quantitative estimate of drug-likeness (QED) is 0.594. The zero-order valence-corrected chi connectivity index (χ0v) is 6.26. The van der Waals surface area contributed by atoms with Gasteiger partial charge < -0.3 is 9.84 Å². The highest BCUT2D eigenvalue weighted by atomic mass is 16.5. The first-order valence-electron chi connectivity index (χ1n) is 3.42. The van der Waals surface area contributed by atoms with Crippen LogP contribution in [0.5, 0.6) is 0 Å². The summed E-state index contributed by atoms with van der Waals surface area (Å²) in [4.78, 5) is 10.7. The highest BCUT2D eigenvalue weighted by Crippen LogP contribution is 2.34. The molecule has 0 amide bonds. The SMILES string of the molecule is CC1OCCC1(C)C(=O)O. The highest BCUT2D eigenvalue weighted by molar-refractivity contribution is 5.75. The van der Waals surface area contributed by atoms with Crippen LogP contribution in [0, 0.1) is 5.41 Å². The van der Waals surface area contributed by atoms with Crippen molar-refractivity contribution < 1.29 is 14.6 Å². The molecule has 1 heterocycles. The first-order chi connectivity index (χ1) is 4.57. The van der Waals surface area contributed by atoms with Crippen molar-refractivity contribution in [1.82, 2.24) is 0 Å². The number of hydrogen-bond donors (Lipinski definition) is 1. The van der Waals surface area contributed by atoms with Gasteiger partial charge in [-0.15, -0.1) is 0 Å². The number of ether oxygens (including phenoxy) is 1. The molecule has 0 spiro atoms. The maximum absolute atomic E-state index is 10.7. The van der Waals surface area contributed by atoms with Gasteiger partial charge in [0.1, 0.15) is 0 Å². The molecule has 1 N–H and O–H groups in total. The van der Waals surface area contributed by atoms with Crippen LogP contribution in [-0.2, 0) is 9.53 Å². The molecule has 3 heteroatoms. The van der Waals surface area contributed by atoms with Crippen molar-refractivity contribution in [1.29, 1.82) is 0 Å². The van der Waals surface area contributed by atoms with E-state index in [4.69, 9.17) is 9.84 Å². The van der Waals surface area contributed by atoms with Crippen LogP contribution in [0.1, 0.15) is 20.3 Å². The number of rotatable bonds is 1. The second kappa shape index (κ2) is 2.23. The number of carboxylic acid groups (broad SMARTS) is 1. The molecule has 0 aromatic heterocycles. The Labute approximate surface area is 60.0 Å². The third-order valence-corrected chi connectivity index (χ3v) is 2.38. The molecule has 2 unspecified atom stereocenters. The van der Waals surface area contributed by atoms with Crippen molar-refractivity contribution >= 4 is 5.97 Å². The van der Waals surface area contributed by atoms with Crippen LogP contribution >= 0.6 is 0 Å². The van der Waals surface area contributed by atoms with E-state index in [1.165, 1.54) is 0 Å². The molecule has 0 saturated carbocycles. The van der Waals surface area contributed by atoms with Gasteiger partial charge in [0.15, 0.2) is 0 Å². The van der Waals surface area contributed by atoms with E-state index in [9.17, 15) is 4.79 Å². The van der Waals surface area contributed by atoms with E-state index in [2.05, 4.69) is 0 Å². The van der Waals surface area contributed by atoms with Crippen molar-refractivity contribution in [2.75, 3.05) is 6.61 Å². The van der Waals surface area contributed by atoms with Gasteiger partial charge in [-0.2, -0.15) is 0 Å². The van der Waals surface area contributed by atoms with Gasteiger partial charge >= 0.3 is 5.97 Å². The lowest BCUT2D eigenvalue weighted by molar-refractivity contribution is -0.150. The van der Waals surface area contributed by atoms with Crippen molar-refractivity contribution in [3.63, 3.8) is 0 Å². The Morgan fingerprint density at radius 3 is 2.60 bits per heavy atom. The first-order valence-corrected chi connectivity index (χ1v) is 3.42. The molecule has 58 valence electrons. The van der Waals surface area contributed by atoms with Crippen molar-refractivity contribution in [2.24, 2.45) is 5.41 Å². The van der Waals surface area contributed by atoms with E-state index in [0.717, 1.165) is 0 Å². The summed E-state index contributed by atoms with van der Waals surface area (Å²) in [5, 5.41) is 8.76. The van der Waals surface area contributed by atoms with Gasteiger partial charge in [0.05, 0.1) is 11.5 Å². The summed E-state index contributed by atoms with van der Waals surface area (Å²) in [5.74, 6) is -0.752. The molecule has 1 saturated heterocycles. The summed E-state index contributed by atoms with van der Waals surface area (Å²) in [6.07, 6.45) is 0.480. The minimum Gasteiger partial charge on any atom is -0.481 e. The highest BCUT2D eigenvalue weighted by Gasteiger charge is 2.43. The molecule has 1 rings (SSSR count). The normalized spacial score (nSPS) is 40.0. The average molecular weight is 144 g/mol. The van der Waals surface area contributed by atoms with Crippen LogP contribution in [0.15, 0.2) is 0 Å². The summed E-state index contributed by atoms with van der Waals surface area (Å²) < 4.78 is 5.15. The fraction of sp³-hybridized carbons (Fsp3) is 0.857. The lowest BCUT2D eigenvalue weighted by Crippen LogP contribution is -2.33. The van der Waals surface area contributed by atoms with E-state index in [1.54, 1.807) is 13.8 Å². The monoisotopic (exact) mass is 144 g/mol. The predicted octanol–water partition coefficient (Wildman–Crippen LogP) is 0.886. The minimum absolute atomic E-state index is 0.148. The molecule has 0 aromatic rings. The Kier molecular flexibility index (Phi) is 1.68. The minimum atomic E-state index is -0.752. The molecular weight excluding hydrogens is 132 g/mol. The maximum atomic E-state index is 10.7. The van der Waals surface area contributed by atoms with Crippen molar-refractivity contribution in [3.05, 3.63) is 0 Å². The Morgan fingerprint density at radius 1 is 1.80 bits per heavy atom. The molecule has 1 fully saturated rings. The Morgan fingerprint density at radius 2 is 2.40 bits per heavy atom.